The average Bonchev–Trinajstić information content (AvgIpc) is 3.02. The Morgan fingerprint density at radius 1 is 1.14 bits per heavy atom. The van der Waals surface area contributed by atoms with Crippen molar-refractivity contribution in [2.24, 2.45) is 0 Å². The van der Waals surface area contributed by atoms with E-state index < -0.39 is 0 Å². The zero-order chi connectivity index (χ0) is 15.5. The summed E-state index contributed by atoms with van der Waals surface area (Å²) in [5.41, 5.74) is 13.1. The number of imidazole rings is 1. The summed E-state index contributed by atoms with van der Waals surface area (Å²) in [7, 11) is 0. The van der Waals surface area contributed by atoms with Crippen LogP contribution in [0.15, 0.2) is 55.0 Å². The molecule has 22 heavy (non-hydrogen) atoms. The van der Waals surface area contributed by atoms with Gasteiger partial charge in [0.15, 0.2) is 0 Å². The predicted octanol–water partition coefficient (Wildman–Crippen LogP) is 3.98. The van der Waals surface area contributed by atoms with Gasteiger partial charge in [0.05, 0.1) is 6.33 Å². The van der Waals surface area contributed by atoms with Gasteiger partial charge in [-0.2, -0.15) is 0 Å². The third-order valence-electron chi connectivity index (χ3n) is 4.31. The topological polar surface area (TPSA) is 54.7 Å². The standard InChI is InChI=1S/C19H21N3/c1-13-5-3-8-17(14(13)2)18(19-11-21-12-22-19)10-15-6-4-7-16(20)9-15/h3-9,11-12,18H,10,20H2,1-2H3,(H,21,22). The highest BCUT2D eigenvalue weighted by molar-refractivity contribution is 5.44. The molecule has 1 aromatic heterocycles. The molecule has 0 spiro atoms. The molecule has 0 aliphatic carbocycles. The van der Waals surface area contributed by atoms with E-state index in [1.165, 1.54) is 22.3 Å². The summed E-state index contributed by atoms with van der Waals surface area (Å²) in [5, 5.41) is 0. The lowest BCUT2D eigenvalue weighted by Crippen LogP contribution is -2.08. The number of nitrogens with one attached hydrogen (secondary N) is 1. The second-order valence-electron chi connectivity index (χ2n) is 5.80. The molecule has 0 fully saturated rings. The molecule has 1 unspecified atom stereocenters. The Morgan fingerprint density at radius 3 is 2.68 bits per heavy atom. The molecule has 2 aromatic carbocycles. The molecule has 0 saturated heterocycles. The van der Waals surface area contributed by atoms with Crippen LogP contribution in [0.3, 0.4) is 0 Å². The van der Waals surface area contributed by atoms with Crippen LogP contribution in [0.1, 0.15) is 33.9 Å². The Balaban J connectivity index is 2.03. The van der Waals surface area contributed by atoms with Gasteiger partial charge in [0.1, 0.15) is 0 Å². The summed E-state index contributed by atoms with van der Waals surface area (Å²) in [6, 6.07) is 14.6. The van der Waals surface area contributed by atoms with Crippen molar-refractivity contribution < 1.29 is 0 Å². The van der Waals surface area contributed by atoms with Crippen LogP contribution in [0.4, 0.5) is 5.69 Å². The van der Waals surface area contributed by atoms with Gasteiger partial charge in [-0.1, -0.05) is 30.3 Å². The lowest BCUT2D eigenvalue weighted by Gasteiger charge is -2.20. The number of H-pyrrole nitrogens is 1. The molecule has 3 aromatic rings. The molecule has 0 aliphatic heterocycles. The fourth-order valence-electron chi connectivity index (χ4n) is 2.95. The molecule has 0 bridgehead atoms. The molecular formula is C19H21N3. The van der Waals surface area contributed by atoms with Gasteiger partial charge in [0.25, 0.3) is 0 Å². The first-order valence-electron chi connectivity index (χ1n) is 7.54. The Morgan fingerprint density at radius 2 is 1.95 bits per heavy atom. The molecule has 112 valence electrons. The zero-order valence-electron chi connectivity index (χ0n) is 13.0. The van der Waals surface area contributed by atoms with Gasteiger partial charge in [-0.25, -0.2) is 4.98 Å². The smallest absolute Gasteiger partial charge is 0.0921 e. The van der Waals surface area contributed by atoms with Gasteiger partial charge in [-0.15, -0.1) is 0 Å². The monoisotopic (exact) mass is 291 g/mol. The number of hydrogen-bond donors (Lipinski definition) is 2. The van der Waals surface area contributed by atoms with E-state index in [1.54, 1.807) is 6.33 Å². The van der Waals surface area contributed by atoms with Gasteiger partial charge in [0, 0.05) is 23.5 Å². The summed E-state index contributed by atoms with van der Waals surface area (Å²) in [5.74, 6) is 0.254. The van der Waals surface area contributed by atoms with E-state index >= 15 is 0 Å². The number of aromatic nitrogens is 2. The van der Waals surface area contributed by atoms with E-state index in [2.05, 4.69) is 54.1 Å². The molecule has 3 heteroatoms. The van der Waals surface area contributed by atoms with Gasteiger partial charge in [-0.05, 0) is 54.7 Å². The van der Waals surface area contributed by atoms with Crippen LogP contribution in [-0.2, 0) is 6.42 Å². The normalized spacial score (nSPS) is 12.3. The van der Waals surface area contributed by atoms with Gasteiger partial charge >= 0.3 is 0 Å². The molecule has 3 rings (SSSR count). The summed E-state index contributed by atoms with van der Waals surface area (Å²) in [6.07, 6.45) is 4.56. The minimum absolute atomic E-state index is 0.254. The van der Waals surface area contributed by atoms with Gasteiger partial charge in [0.2, 0.25) is 0 Å². The lowest BCUT2D eigenvalue weighted by atomic mass is 9.85. The van der Waals surface area contributed by atoms with Crippen LogP contribution >= 0.6 is 0 Å². The fraction of sp³-hybridized carbons (Fsp3) is 0.211. The highest BCUT2D eigenvalue weighted by Crippen LogP contribution is 2.31. The second-order valence-corrected chi connectivity index (χ2v) is 5.80. The first kappa shape index (κ1) is 14.4. The molecular weight excluding hydrogens is 270 g/mol. The number of aromatic amines is 1. The third-order valence-corrected chi connectivity index (χ3v) is 4.31. The zero-order valence-corrected chi connectivity index (χ0v) is 13.0. The van der Waals surface area contributed by atoms with Crippen molar-refractivity contribution in [1.82, 2.24) is 9.97 Å². The maximum Gasteiger partial charge on any atom is 0.0921 e. The number of nitrogen functional groups attached to an aromatic ring is 1. The summed E-state index contributed by atoms with van der Waals surface area (Å²) in [6.45, 7) is 4.34. The Labute approximate surface area is 131 Å². The first-order chi connectivity index (χ1) is 10.6. The average molecular weight is 291 g/mol. The number of rotatable bonds is 4. The van der Waals surface area contributed by atoms with Crippen molar-refractivity contribution in [2.45, 2.75) is 26.2 Å². The highest BCUT2D eigenvalue weighted by Gasteiger charge is 2.19. The largest absolute Gasteiger partial charge is 0.399 e. The molecule has 0 saturated carbocycles. The van der Waals surface area contributed by atoms with E-state index in [9.17, 15) is 0 Å². The minimum Gasteiger partial charge on any atom is -0.399 e. The molecule has 3 nitrogen and oxygen atoms in total. The molecule has 1 heterocycles. The summed E-state index contributed by atoms with van der Waals surface area (Å²) in [4.78, 5) is 7.47. The molecule has 0 radical (unpaired) electrons. The number of benzene rings is 2. The fourth-order valence-corrected chi connectivity index (χ4v) is 2.95. The van der Waals surface area contributed by atoms with Crippen LogP contribution in [0.2, 0.25) is 0 Å². The lowest BCUT2D eigenvalue weighted by molar-refractivity contribution is 0.773. The Kier molecular flexibility index (Phi) is 3.96. The number of hydrogen-bond acceptors (Lipinski definition) is 2. The molecule has 0 amide bonds. The van der Waals surface area contributed by atoms with Crippen molar-refractivity contribution in [2.75, 3.05) is 5.73 Å². The van der Waals surface area contributed by atoms with Crippen LogP contribution in [0, 0.1) is 13.8 Å². The van der Waals surface area contributed by atoms with E-state index in [-0.39, 0.29) is 5.92 Å². The highest BCUT2D eigenvalue weighted by atomic mass is 14.9. The summed E-state index contributed by atoms with van der Waals surface area (Å²) < 4.78 is 0. The maximum atomic E-state index is 5.93. The SMILES string of the molecule is Cc1cccc(C(Cc2cccc(N)c2)c2cnc[nH]2)c1C. The van der Waals surface area contributed by atoms with Gasteiger partial charge < -0.3 is 10.7 Å². The van der Waals surface area contributed by atoms with Crippen LogP contribution in [0.5, 0.6) is 0 Å². The Hall–Kier alpha value is -2.55. The Bertz CT molecular complexity index is 760. The van der Waals surface area contributed by atoms with Crippen molar-refractivity contribution in [3.05, 3.63) is 82.9 Å². The second kappa shape index (κ2) is 6.06. The van der Waals surface area contributed by atoms with Crippen molar-refractivity contribution >= 4 is 5.69 Å². The van der Waals surface area contributed by atoms with E-state index in [1.807, 2.05) is 18.3 Å². The molecule has 3 N–H and O–H groups in total. The molecule has 1 atom stereocenters. The maximum absolute atomic E-state index is 5.93. The van der Waals surface area contributed by atoms with Crippen molar-refractivity contribution in [3.8, 4) is 0 Å². The van der Waals surface area contributed by atoms with Crippen LogP contribution in [0.25, 0.3) is 0 Å². The first-order valence-corrected chi connectivity index (χ1v) is 7.54. The van der Waals surface area contributed by atoms with E-state index in [0.29, 0.717) is 0 Å². The third kappa shape index (κ3) is 2.89. The number of nitrogens with zero attached hydrogens (tertiary/aromatic N) is 1. The number of aryl methyl sites for hydroxylation is 1. The van der Waals surface area contributed by atoms with Crippen molar-refractivity contribution in [3.63, 3.8) is 0 Å². The number of anilines is 1. The summed E-state index contributed by atoms with van der Waals surface area (Å²) >= 11 is 0. The van der Waals surface area contributed by atoms with Crippen molar-refractivity contribution in [1.29, 1.82) is 0 Å². The van der Waals surface area contributed by atoms with E-state index in [0.717, 1.165) is 17.8 Å². The molecule has 0 aliphatic rings. The minimum atomic E-state index is 0.254. The number of nitrogens with two attached hydrogens (primary N) is 1. The quantitative estimate of drug-likeness (QED) is 0.714. The van der Waals surface area contributed by atoms with Gasteiger partial charge in [-0.3, -0.25) is 0 Å². The predicted molar refractivity (Wildman–Crippen MR) is 90.9 cm³/mol. The van der Waals surface area contributed by atoms with Crippen LogP contribution < -0.4 is 5.73 Å². The van der Waals surface area contributed by atoms with Crippen LogP contribution in [-0.4, -0.2) is 9.97 Å². The van der Waals surface area contributed by atoms with E-state index in [4.69, 9.17) is 5.73 Å².